The molecule has 1 aliphatic carbocycles. The third kappa shape index (κ3) is 4.07. The highest BCUT2D eigenvalue weighted by Crippen LogP contribution is 2.19. The van der Waals surface area contributed by atoms with Crippen molar-refractivity contribution in [1.29, 1.82) is 0 Å². The van der Waals surface area contributed by atoms with Gasteiger partial charge in [0.15, 0.2) is 0 Å². The highest BCUT2D eigenvalue weighted by Gasteiger charge is 2.24. The van der Waals surface area contributed by atoms with Crippen LogP contribution in [-0.4, -0.2) is 22.9 Å². The van der Waals surface area contributed by atoms with Crippen molar-refractivity contribution < 1.29 is 9.94 Å². The number of nitrogens with one attached hydrogen (secondary N) is 1. The SMILES string of the molecule is CC(C)(C)ON[C@@H]1CCCC[C@H]1O. The molecule has 0 aliphatic heterocycles. The summed E-state index contributed by atoms with van der Waals surface area (Å²) >= 11 is 0. The monoisotopic (exact) mass is 187 g/mol. The van der Waals surface area contributed by atoms with Crippen LogP contribution in [0.2, 0.25) is 0 Å². The van der Waals surface area contributed by atoms with E-state index in [1.165, 1.54) is 6.42 Å². The zero-order valence-corrected chi connectivity index (χ0v) is 8.84. The highest BCUT2D eigenvalue weighted by atomic mass is 16.7. The van der Waals surface area contributed by atoms with E-state index in [0.717, 1.165) is 19.3 Å². The van der Waals surface area contributed by atoms with Gasteiger partial charge in [-0.3, -0.25) is 4.84 Å². The van der Waals surface area contributed by atoms with E-state index in [4.69, 9.17) is 4.84 Å². The van der Waals surface area contributed by atoms with Gasteiger partial charge in [0.1, 0.15) is 0 Å². The molecule has 2 atom stereocenters. The highest BCUT2D eigenvalue weighted by molar-refractivity contribution is 4.78. The Balaban J connectivity index is 2.27. The molecule has 0 aromatic rings. The Hall–Kier alpha value is -0.120. The van der Waals surface area contributed by atoms with Crippen LogP contribution in [0.15, 0.2) is 0 Å². The lowest BCUT2D eigenvalue weighted by Gasteiger charge is -2.31. The maximum absolute atomic E-state index is 9.62. The first-order valence-corrected chi connectivity index (χ1v) is 5.10. The molecule has 0 aromatic heterocycles. The van der Waals surface area contributed by atoms with Crippen molar-refractivity contribution in [3.63, 3.8) is 0 Å². The van der Waals surface area contributed by atoms with Crippen molar-refractivity contribution in [2.24, 2.45) is 0 Å². The van der Waals surface area contributed by atoms with Crippen LogP contribution in [0.1, 0.15) is 46.5 Å². The molecule has 0 unspecified atom stereocenters. The summed E-state index contributed by atoms with van der Waals surface area (Å²) in [5.41, 5.74) is 2.78. The summed E-state index contributed by atoms with van der Waals surface area (Å²) in [4.78, 5) is 5.43. The average molecular weight is 187 g/mol. The zero-order chi connectivity index (χ0) is 9.90. The molecule has 13 heavy (non-hydrogen) atoms. The molecule has 78 valence electrons. The Labute approximate surface area is 80.4 Å². The molecule has 0 amide bonds. The summed E-state index contributed by atoms with van der Waals surface area (Å²) in [6.07, 6.45) is 3.98. The Bertz CT molecular complexity index is 153. The van der Waals surface area contributed by atoms with Crippen molar-refractivity contribution in [3.8, 4) is 0 Å². The molecule has 1 rings (SSSR count). The van der Waals surface area contributed by atoms with Gasteiger partial charge in [-0.2, -0.15) is 5.48 Å². The van der Waals surface area contributed by atoms with Gasteiger partial charge in [-0.25, -0.2) is 0 Å². The van der Waals surface area contributed by atoms with E-state index in [2.05, 4.69) is 5.48 Å². The fraction of sp³-hybridized carbons (Fsp3) is 1.00. The number of aliphatic hydroxyl groups is 1. The Morgan fingerprint density at radius 3 is 2.38 bits per heavy atom. The molecule has 0 bridgehead atoms. The van der Waals surface area contributed by atoms with E-state index in [0.29, 0.717) is 0 Å². The van der Waals surface area contributed by atoms with E-state index in [-0.39, 0.29) is 17.7 Å². The van der Waals surface area contributed by atoms with Gasteiger partial charge in [0, 0.05) is 0 Å². The predicted molar refractivity (Wildman–Crippen MR) is 52.2 cm³/mol. The Kier molecular flexibility index (Phi) is 3.71. The van der Waals surface area contributed by atoms with Crippen LogP contribution in [0.5, 0.6) is 0 Å². The molecule has 0 aromatic carbocycles. The first kappa shape index (κ1) is 11.0. The van der Waals surface area contributed by atoms with E-state index < -0.39 is 0 Å². The third-order valence-corrected chi connectivity index (χ3v) is 2.25. The lowest BCUT2D eigenvalue weighted by molar-refractivity contribution is -0.111. The van der Waals surface area contributed by atoms with E-state index >= 15 is 0 Å². The number of hydrogen-bond acceptors (Lipinski definition) is 3. The topological polar surface area (TPSA) is 41.5 Å². The molecule has 1 fully saturated rings. The second-order valence-electron chi connectivity index (χ2n) is 4.79. The van der Waals surface area contributed by atoms with E-state index in [1.807, 2.05) is 20.8 Å². The summed E-state index contributed by atoms with van der Waals surface area (Å²) in [5, 5.41) is 9.62. The lowest BCUT2D eigenvalue weighted by atomic mass is 9.93. The predicted octanol–water partition coefficient (Wildman–Crippen LogP) is 1.61. The first-order chi connectivity index (χ1) is 5.99. The quantitative estimate of drug-likeness (QED) is 0.645. The smallest absolute Gasteiger partial charge is 0.0813 e. The van der Waals surface area contributed by atoms with Crippen LogP contribution in [0, 0.1) is 0 Å². The average Bonchev–Trinajstić information content (AvgIpc) is 2.01. The summed E-state index contributed by atoms with van der Waals surface area (Å²) in [6.45, 7) is 5.99. The molecule has 0 radical (unpaired) electrons. The number of hydroxylamine groups is 1. The molecule has 0 heterocycles. The van der Waals surface area contributed by atoms with Gasteiger partial charge in [0.2, 0.25) is 0 Å². The zero-order valence-electron chi connectivity index (χ0n) is 8.84. The van der Waals surface area contributed by atoms with Crippen LogP contribution in [0.25, 0.3) is 0 Å². The summed E-state index contributed by atoms with van der Waals surface area (Å²) in [5.74, 6) is 0. The molecule has 3 heteroatoms. The largest absolute Gasteiger partial charge is 0.391 e. The van der Waals surface area contributed by atoms with Gasteiger partial charge >= 0.3 is 0 Å². The van der Waals surface area contributed by atoms with Crippen LogP contribution in [-0.2, 0) is 4.84 Å². The molecule has 2 N–H and O–H groups in total. The second-order valence-corrected chi connectivity index (χ2v) is 4.79. The van der Waals surface area contributed by atoms with Gasteiger partial charge in [-0.05, 0) is 33.6 Å². The van der Waals surface area contributed by atoms with E-state index in [9.17, 15) is 5.11 Å². The van der Waals surface area contributed by atoms with Gasteiger partial charge in [-0.15, -0.1) is 0 Å². The standard InChI is InChI=1S/C10H21NO2/c1-10(2,3)13-11-8-6-4-5-7-9(8)12/h8-9,11-12H,4-7H2,1-3H3/t8-,9-/m1/s1. The third-order valence-electron chi connectivity index (χ3n) is 2.25. The van der Waals surface area contributed by atoms with Crippen molar-refractivity contribution in [1.82, 2.24) is 5.48 Å². The first-order valence-electron chi connectivity index (χ1n) is 5.10. The normalized spacial score (nSPS) is 30.5. The molecule has 1 aliphatic rings. The van der Waals surface area contributed by atoms with Gasteiger partial charge in [0.05, 0.1) is 17.7 Å². The fourth-order valence-electron chi connectivity index (χ4n) is 1.50. The lowest BCUT2D eigenvalue weighted by Crippen LogP contribution is -2.45. The second kappa shape index (κ2) is 4.40. The minimum Gasteiger partial charge on any atom is -0.391 e. The maximum atomic E-state index is 9.62. The molecular formula is C10H21NO2. The van der Waals surface area contributed by atoms with Crippen LogP contribution in [0.4, 0.5) is 0 Å². The summed E-state index contributed by atoms with van der Waals surface area (Å²) < 4.78 is 0. The van der Waals surface area contributed by atoms with Gasteiger partial charge in [-0.1, -0.05) is 12.8 Å². The molecule has 3 nitrogen and oxygen atoms in total. The fourth-order valence-corrected chi connectivity index (χ4v) is 1.50. The van der Waals surface area contributed by atoms with Gasteiger partial charge in [0.25, 0.3) is 0 Å². The molecule has 0 saturated heterocycles. The molecule has 1 saturated carbocycles. The minimum absolute atomic E-state index is 0.118. The Morgan fingerprint density at radius 2 is 1.85 bits per heavy atom. The molecule has 0 spiro atoms. The van der Waals surface area contributed by atoms with Crippen LogP contribution in [0.3, 0.4) is 0 Å². The van der Waals surface area contributed by atoms with Crippen LogP contribution >= 0.6 is 0 Å². The Morgan fingerprint density at radius 1 is 1.23 bits per heavy atom. The summed E-state index contributed by atoms with van der Waals surface area (Å²) in [7, 11) is 0. The maximum Gasteiger partial charge on any atom is 0.0813 e. The summed E-state index contributed by atoms with van der Waals surface area (Å²) in [6, 6.07) is 0.118. The van der Waals surface area contributed by atoms with Crippen molar-refractivity contribution >= 4 is 0 Å². The van der Waals surface area contributed by atoms with Crippen LogP contribution < -0.4 is 5.48 Å². The van der Waals surface area contributed by atoms with Crippen molar-refractivity contribution in [2.45, 2.75) is 64.2 Å². The number of rotatable bonds is 2. The van der Waals surface area contributed by atoms with Crippen molar-refractivity contribution in [2.75, 3.05) is 0 Å². The minimum atomic E-state index is -0.240. The number of aliphatic hydroxyl groups excluding tert-OH is 1. The van der Waals surface area contributed by atoms with E-state index in [1.54, 1.807) is 0 Å². The van der Waals surface area contributed by atoms with Crippen molar-refractivity contribution in [3.05, 3.63) is 0 Å². The molecular weight excluding hydrogens is 166 g/mol. The van der Waals surface area contributed by atoms with Gasteiger partial charge < -0.3 is 5.11 Å². The number of hydrogen-bond donors (Lipinski definition) is 2.